The fourth-order valence-corrected chi connectivity index (χ4v) is 4.61. The number of aromatic nitrogens is 5. The first kappa shape index (κ1) is 26.7. The lowest BCUT2D eigenvalue weighted by molar-refractivity contribution is -0.142. The summed E-state index contributed by atoms with van der Waals surface area (Å²) in [6.45, 7) is 2.29. The molecule has 2 amide bonds. The molecule has 0 atom stereocenters. The second-order valence-electron chi connectivity index (χ2n) is 9.31. The third-order valence-electron chi connectivity index (χ3n) is 6.62. The number of fused-ring (bicyclic) bond motifs is 2. The highest BCUT2D eigenvalue weighted by molar-refractivity contribution is 6.11. The molecule has 2 aromatic carbocycles. The fraction of sp³-hybridized carbons (Fsp3) is 0.138. The summed E-state index contributed by atoms with van der Waals surface area (Å²) in [6, 6.07) is 16.8. The van der Waals surface area contributed by atoms with E-state index in [1.165, 1.54) is 17.1 Å². The quantitative estimate of drug-likeness (QED) is 0.258. The van der Waals surface area contributed by atoms with Crippen LogP contribution < -0.4 is 10.6 Å². The Morgan fingerprint density at radius 3 is 2.60 bits per heavy atom. The van der Waals surface area contributed by atoms with Crippen LogP contribution in [0.4, 0.5) is 18.9 Å². The van der Waals surface area contributed by atoms with Gasteiger partial charge in [0, 0.05) is 18.3 Å². The van der Waals surface area contributed by atoms with Crippen molar-refractivity contribution in [1.82, 2.24) is 29.7 Å². The molecule has 0 saturated carbocycles. The second-order valence-corrected chi connectivity index (χ2v) is 9.31. The summed E-state index contributed by atoms with van der Waals surface area (Å²) in [6.07, 6.45) is -0.844. The molecule has 0 saturated heterocycles. The van der Waals surface area contributed by atoms with Crippen molar-refractivity contribution in [1.29, 1.82) is 0 Å². The van der Waals surface area contributed by atoms with Gasteiger partial charge in [-0.1, -0.05) is 42.5 Å². The lowest BCUT2D eigenvalue weighted by Crippen LogP contribution is -2.25. The number of nitrogens with one attached hydrogen (secondary N) is 2. The van der Waals surface area contributed by atoms with Gasteiger partial charge in [-0.05, 0) is 35.9 Å². The first-order valence-electron chi connectivity index (χ1n) is 12.9. The lowest BCUT2D eigenvalue weighted by Gasteiger charge is -2.13. The minimum Gasteiger partial charge on any atom is -0.467 e. The maximum absolute atomic E-state index is 14.2. The predicted molar refractivity (Wildman–Crippen MR) is 147 cm³/mol. The highest BCUT2D eigenvalue weighted by atomic mass is 19.4. The highest BCUT2D eigenvalue weighted by Crippen LogP contribution is 2.35. The molecule has 0 radical (unpaired) electrons. The number of halogens is 3. The van der Waals surface area contributed by atoms with Gasteiger partial charge in [-0.25, -0.2) is 9.50 Å². The minimum atomic E-state index is -4.79. The Balaban J connectivity index is 1.39. The van der Waals surface area contributed by atoms with Gasteiger partial charge in [-0.3, -0.25) is 14.3 Å². The number of furan rings is 1. The Hall–Kier alpha value is -5.46. The number of benzene rings is 2. The van der Waals surface area contributed by atoms with E-state index >= 15 is 0 Å². The average Bonchev–Trinajstić information content (AvgIpc) is 3.74. The summed E-state index contributed by atoms with van der Waals surface area (Å²) in [5, 5.41) is 14.9. The number of amides is 2. The molecule has 0 aliphatic carbocycles. The van der Waals surface area contributed by atoms with E-state index in [0.29, 0.717) is 27.8 Å². The molecule has 42 heavy (non-hydrogen) atoms. The first-order chi connectivity index (χ1) is 20.2. The van der Waals surface area contributed by atoms with Crippen molar-refractivity contribution in [2.75, 3.05) is 5.32 Å². The predicted octanol–water partition coefficient (Wildman–Crippen LogP) is 5.56. The van der Waals surface area contributed by atoms with Crippen molar-refractivity contribution in [2.24, 2.45) is 0 Å². The zero-order chi connectivity index (χ0) is 29.4. The van der Waals surface area contributed by atoms with Gasteiger partial charge >= 0.3 is 6.18 Å². The van der Waals surface area contributed by atoms with E-state index in [-0.39, 0.29) is 34.8 Å². The van der Waals surface area contributed by atoms with Crippen LogP contribution in [-0.4, -0.2) is 36.2 Å². The number of hydrogen-bond donors (Lipinski definition) is 2. The van der Waals surface area contributed by atoms with Crippen LogP contribution in [0.15, 0.2) is 83.7 Å². The first-order valence-corrected chi connectivity index (χ1v) is 12.9. The molecule has 212 valence electrons. The summed E-state index contributed by atoms with van der Waals surface area (Å²) in [4.78, 5) is 30.8. The van der Waals surface area contributed by atoms with E-state index in [1.807, 2.05) is 18.2 Å². The Bertz CT molecular complexity index is 1940. The van der Waals surface area contributed by atoms with Crippen LogP contribution in [0.3, 0.4) is 0 Å². The van der Waals surface area contributed by atoms with Gasteiger partial charge in [0.1, 0.15) is 11.3 Å². The zero-order valence-electron chi connectivity index (χ0n) is 22.0. The fourth-order valence-electron chi connectivity index (χ4n) is 4.61. The number of hydrogen-bond acceptors (Lipinski definition) is 6. The summed E-state index contributed by atoms with van der Waals surface area (Å²) in [5.41, 5.74) is -1.11. The highest BCUT2D eigenvalue weighted by Gasteiger charge is 2.36. The van der Waals surface area contributed by atoms with E-state index in [9.17, 15) is 22.8 Å². The lowest BCUT2D eigenvalue weighted by atomic mass is 10.0. The van der Waals surface area contributed by atoms with Crippen molar-refractivity contribution < 1.29 is 27.2 Å². The standard InChI is InChI=1S/C29H22F3N7O3/c1-2-38-16-23(25(37-38)28(41)33-14-18-9-6-12-42-18)36-27(40)21-15-34-39-24(29(30,31)32)13-22(35-26(21)39)20-11-5-8-17-7-3-4-10-19(17)20/h3-13,15-16H,2,14H2,1H3,(H,33,41)(H,36,40). The molecular formula is C29H22F3N7O3. The maximum Gasteiger partial charge on any atom is 0.433 e. The molecule has 2 N–H and O–H groups in total. The smallest absolute Gasteiger partial charge is 0.433 e. The summed E-state index contributed by atoms with van der Waals surface area (Å²) in [7, 11) is 0. The summed E-state index contributed by atoms with van der Waals surface area (Å²) < 4.78 is 49.8. The van der Waals surface area contributed by atoms with Crippen molar-refractivity contribution in [2.45, 2.75) is 26.2 Å². The molecule has 0 fully saturated rings. The van der Waals surface area contributed by atoms with Crippen LogP contribution in [0.1, 0.15) is 39.2 Å². The van der Waals surface area contributed by atoms with Gasteiger partial charge in [0.2, 0.25) is 0 Å². The van der Waals surface area contributed by atoms with Gasteiger partial charge in [0.05, 0.1) is 30.4 Å². The van der Waals surface area contributed by atoms with E-state index in [4.69, 9.17) is 4.42 Å². The number of carbonyl (C=O) groups is 2. The van der Waals surface area contributed by atoms with Crippen LogP contribution in [0.5, 0.6) is 0 Å². The van der Waals surface area contributed by atoms with E-state index in [0.717, 1.165) is 17.6 Å². The third-order valence-corrected chi connectivity index (χ3v) is 6.62. The molecule has 4 aromatic heterocycles. The average molecular weight is 574 g/mol. The van der Waals surface area contributed by atoms with Crippen LogP contribution in [-0.2, 0) is 19.3 Å². The van der Waals surface area contributed by atoms with E-state index < -0.39 is 23.7 Å². The molecule has 0 unspecified atom stereocenters. The molecule has 0 aliphatic rings. The molecule has 0 aliphatic heterocycles. The van der Waals surface area contributed by atoms with E-state index in [2.05, 4.69) is 25.8 Å². The Morgan fingerprint density at radius 1 is 1.02 bits per heavy atom. The topological polar surface area (TPSA) is 119 Å². The Morgan fingerprint density at radius 2 is 1.83 bits per heavy atom. The summed E-state index contributed by atoms with van der Waals surface area (Å²) in [5.74, 6) is -0.871. The van der Waals surface area contributed by atoms with Crippen LogP contribution >= 0.6 is 0 Å². The van der Waals surface area contributed by atoms with Gasteiger partial charge in [0.25, 0.3) is 11.8 Å². The van der Waals surface area contributed by atoms with Gasteiger partial charge in [-0.15, -0.1) is 0 Å². The van der Waals surface area contributed by atoms with Crippen molar-refractivity contribution >= 4 is 33.9 Å². The Kier molecular flexibility index (Phi) is 6.69. The molecule has 6 rings (SSSR count). The number of carbonyl (C=O) groups excluding carboxylic acids is 2. The van der Waals surface area contributed by atoms with Gasteiger partial charge in [0.15, 0.2) is 17.0 Å². The van der Waals surface area contributed by atoms with Crippen LogP contribution in [0.25, 0.3) is 27.7 Å². The van der Waals surface area contributed by atoms with Crippen molar-refractivity contribution in [3.63, 3.8) is 0 Å². The van der Waals surface area contributed by atoms with Crippen molar-refractivity contribution in [3.05, 3.63) is 102 Å². The zero-order valence-corrected chi connectivity index (χ0v) is 22.0. The number of rotatable bonds is 7. The molecular weight excluding hydrogens is 551 g/mol. The molecule has 10 nitrogen and oxygen atoms in total. The molecule has 0 bridgehead atoms. The number of nitrogens with zero attached hydrogens (tertiary/aromatic N) is 5. The maximum atomic E-state index is 14.2. The van der Waals surface area contributed by atoms with Gasteiger partial charge < -0.3 is 15.1 Å². The second kappa shape index (κ2) is 10.5. The van der Waals surface area contributed by atoms with Crippen LogP contribution in [0, 0.1) is 0 Å². The summed E-state index contributed by atoms with van der Waals surface area (Å²) >= 11 is 0. The molecule has 13 heteroatoms. The number of anilines is 1. The molecule has 0 spiro atoms. The monoisotopic (exact) mass is 573 g/mol. The normalized spacial score (nSPS) is 11.7. The van der Waals surface area contributed by atoms with E-state index in [1.54, 1.807) is 43.3 Å². The third kappa shape index (κ3) is 4.96. The van der Waals surface area contributed by atoms with Crippen molar-refractivity contribution in [3.8, 4) is 11.3 Å². The number of aryl methyl sites for hydroxylation is 1. The minimum absolute atomic E-state index is 0.0259. The number of alkyl halides is 3. The molecule has 4 heterocycles. The molecule has 6 aromatic rings. The van der Waals surface area contributed by atoms with Crippen LogP contribution in [0.2, 0.25) is 0 Å². The largest absolute Gasteiger partial charge is 0.467 e. The van der Waals surface area contributed by atoms with Gasteiger partial charge in [-0.2, -0.15) is 23.4 Å². The SMILES string of the molecule is CCn1cc(NC(=O)c2cnn3c(C(F)(F)F)cc(-c4cccc5ccccc45)nc23)c(C(=O)NCc2ccco2)n1. The Labute approximate surface area is 235 Å².